The summed E-state index contributed by atoms with van der Waals surface area (Å²) in [6.07, 6.45) is 1.35. The van der Waals surface area contributed by atoms with Gasteiger partial charge in [-0.15, -0.1) is 22.7 Å². The summed E-state index contributed by atoms with van der Waals surface area (Å²) in [5, 5.41) is 13.5. The smallest absolute Gasteiger partial charge is 0.335 e. The van der Waals surface area contributed by atoms with Crippen LogP contribution in [0.1, 0.15) is 20.0 Å². The van der Waals surface area contributed by atoms with Crippen molar-refractivity contribution in [3.8, 4) is 0 Å². The average Bonchev–Trinajstić information content (AvgIpc) is 2.99. The van der Waals surface area contributed by atoms with Gasteiger partial charge in [0.25, 0.3) is 5.91 Å². The minimum atomic E-state index is -1.06. The van der Waals surface area contributed by atoms with Gasteiger partial charge in [-0.05, 0) is 29.6 Å². The molecule has 0 aliphatic rings. The molecule has 3 rings (SSSR count). The van der Waals surface area contributed by atoms with Crippen molar-refractivity contribution in [1.82, 2.24) is 4.98 Å². The van der Waals surface area contributed by atoms with Crippen molar-refractivity contribution in [2.45, 2.75) is 0 Å². The van der Waals surface area contributed by atoms with Crippen LogP contribution in [0.4, 0.5) is 5.82 Å². The van der Waals surface area contributed by atoms with E-state index in [1.165, 1.54) is 29.7 Å². The number of anilines is 1. The number of carbonyl (C=O) groups is 2. The fourth-order valence-corrected chi connectivity index (χ4v) is 3.69. The summed E-state index contributed by atoms with van der Waals surface area (Å²) < 4.78 is 2.12. The lowest BCUT2D eigenvalue weighted by atomic mass is 10.2. The van der Waals surface area contributed by atoms with Gasteiger partial charge in [0, 0.05) is 15.6 Å². The lowest BCUT2D eigenvalue weighted by Crippen LogP contribution is -2.12. The van der Waals surface area contributed by atoms with Crippen molar-refractivity contribution in [3.63, 3.8) is 0 Å². The Balaban J connectivity index is 1.83. The molecule has 3 aromatic rings. The molecule has 3 aromatic heterocycles. The van der Waals surface area contributed by atoms with Gasteiger partial charge < -0.3 is 10.4 Å². The quantitative estimate of drug-likeness (QED) is 0.778. The van der Waals surface area contributed by atoms with Gasteiger partial charge in [0.2, 0.25) is 0 Å². The molecule has 5 nitrogen and oxygen atoms in total. The Morgan fingerprint density at radius 2 is 2.05 bits per heavy atom. The minimum absolute atomic E-state index is 0.0856. The summed E-state index contributed by atoms with van der Waals surface area (Å²) in [7, 11) is 0. The third-order valence-corrected chi connectivity index (χ3v) is 4.70. The number of pyridine rings is 1. The predicted octanol–water partition coefficient (Wildman–Crippen LogP) is 3.31. The van der Waals surface area contributed by atoms with Crippen molar-refractivity contribution < 1.29 is 14.7 Å². The van der Waals surface area contributed by atoms with Gasteiger partial charge in [0.15, 0.2) is 0 Å². The number of nitrogens with one attached hydrogen (secondary N) is 1. The van der Waals surface area contributed by atoms with Crippen molar-refractivity contribution >= 4 is 49.8 Å². The maximum Gasteiger partial charge on any atom is 0.335 e. The third-order valence-electron chi connectivity index (χ3n) is 2.61. The molecular weight excluding hydrogens is 296 g/mol. The van der Waals surface area contributed by atoms with Crippen LogP contribution in [0.5, 0.6) is 0 Å². The molecule has 0 saturated heterocycles. The van der Waals surface area contributed by atoms with Crippen molar-refractivity contribution in [1.29, 1.82) is 0 Å². The number of aromatic nitrogens is 1. The SMILES string of the molecule is O=C(O)c1ccnc(NC(=O)c2cc3sccc3s2)c1. The Morgan fingerprint density at radius 1 is 1.20 bits per heavy atom. The van der Waals surface area contributed by atoms with E-state index in [9.17, 15) is 9.59 Å². The number of nitrogens with zero attached hydrogens (tertiary/aromatic N) is 1. The number of carbonyl (C=O) groups excluding carboxylic acids is 1. The number of aromatic carboxylic acids is 1. The van der Waals surface area contributed by atoms with Gasteiger partial charge in [-0.2, -0.15) is 0 Å². The third kappa shape index (κ3) is 2.40. The molecule has 0 atom stereocenters. The van der Waals surface area contributed by atoms with Gasteiger partial charge in [-0.25, -0.2) is 9.78 Å². The van der Waals surface area contributed by atoms with E-state index in [-0.39, 0.29) is 17.3 Å². The van der Waals surface area contributed by atoms with Crippen LogP contribution < -0.4 is 5.32 Å². The molecule has 0 aliphatic heterocycles. The number of carboxylic acid groups (broad SMARTS) is 1. The van der Waals surface area contributed by atoms with E-state index in [0.29, 0.717) is 4.88 Å². The van der Waals surface area contributed by atoms with Crippen LogP contribution >= 0.6 is 22.7 Å². The number of fused-ring (bicyclic) bond motifs is 1. The van der Waals surface area contributed by atoms with Crippen LogP contribution in [0.25, 0.3) is 9.40 Å². The van der Waals surface area contributed by atoms with Gasteiger partial charge in [0.05, 0.1) is 10.4 Å². The van der Waals surface area contributed by atoms with Gasteiger partial charge in [-0.3, -0.25) is 4.79 Å². The van der Waals surface area contributed by atoms with Gasteiger partial charge in [-0.1, -0.05) is 0 Å². The highest BCUT2D eigenvalue weighted by atomic mass is 32.1. The maximum atomic E-state index is 12.1. The van der Waals surface area contributed by atoms with Crippen LogP contribution in [0, 0.1) is 0 Å². The number of amides is 1. The van der Waals surface area contributed by atoms with Gasteiger partial charge in [0.1, 0.15) is 5.82 Å². The van der Waals surface area contributed by atoms with E-state index in [0.717, 1.165) is 9.40 Å². The lowest BCUT2D eigenvalue weighted by molar-refractivity contribution is 0.0696. The molecule has 0 radical (unpaired) electrons. The molecular formula is C13H8N2O3S2. The minimum Gasteiger partial charge on any atom is -0.478 e. The fraction of sp³-hybridized carbons (Fsp3) is 0. The molecule has 7 heteroatoms. The van der Waals surface area contributed by atoms with Crippen LogP contribution in [-0.4, -0.2) is 22.0 Å². The zero-order valence-corrected chi connectivity index (χ0v) is 11.6. The molecule has 0 aromatic carbocycles. The van der Waals surface area contributed by atoms with Crippen molar-refractivity contribution in [2.75, 3.05) is 5.32 Å². The maximum absolute atomic E-state index is 12.1. The highest BCUT2D eigenvalue weighted by molar-refractivity contribution is 7.27. The van der Waals surface area contributed by atoms with E-state index in [4.69, 9.17) is 5.11 Å². The van der Waals surface area contributed by atoms with E-state index in [1.54, 1.807) is 11.3 Å². The number of hydrogen-bond acceptors (Lipinski definition) is 5. The molecule has 20 heavy (non-hydrogen) atoms. The van der Waals surface area contributed by atoms with Crippen LogP contribution in [0.3, 0.4) is 0 Å². The van der Waals surface area contributed by atoms with E-state index in [1.807, 2.05) is 17.5 Å². The molecule has 0 saturated carbocycles. The molecule has 0 unspecified atom stereocenters. The lowest BCUT2D eigenvalue weighted by Gasteiger charge is -2.03. The standard InChI is InChI=1S/C13H8N2O3S2/c16-12(10-6-9-8(20-10)2-4-19-9)15-11-5-7(13(17)18)1-3-14-11/h1-6H,(H,17,18)(H,14,15,16). The van der Waals surface area contributed by atoms with Crippen LogP contribution in [0.2, 0.25) is 0 Å². The first-order valence-electron chi connectivity index (χ1n) is 5.61. The fourth-order valence-electron chi connectivity index (χ4n) is 1.69. The number of hydrogen-bond donors (Lipinski definition) is 2. The number of thiophene rings is 2. The van der Waals surface area contributed by atoms with E-state index in [2.05, 4.69) is 10.3 Å². The summed E-state index contributed by atoms with van der Waals surface area (Å²) in [6, 6.07) is 6.49. The van der Waals surface area contributed by atoms with E-state index >= 15 is 0 Å². The molecule has 1 amide bonds. The monoisotopic (exact) mass is 304 g/mol. The second-order valence-corrected chi connectivity index (χ2v) is 5.98. The molecule has 3 heterocycles. The highest BCUT2D eigenvalue weighted by Gasteiger charge is 2.12. The van der Waals surface area contributed by atoms with Gasteiger partial charge >= 0.3 is 5.97 Å². The van der Waals surface area contributed by atoms with E-state index < -0.39 is 5.97 Å². The summed E-state index contributed by atoms with van der Waals surface area (Å²) in [6.45, 7) is 0. The summed E-state index contributed by atoms with van der Waals surface area (Å²) in [4.78, 5) is 27.5. The molecule has 2 N–H and O–H groups in total. The topological polar surface area (TPSA) is 79.3 Å². The second kappa shape index (κ2) is 5.03. The molecule has 0 aliphatic carbocycles. The zero-order valence-electron chi connectivity index (χ0n) is 9.99. The Hall–Kier alpha value is -2.25. The summed E-state index contributed by atoms with van der Waals surface area (Å²) in [5.74, 6) is -1.11. The largest absolute Gasteiger partial charge is 0.478 e. The predicted molar refractivity (Wildman–Crippen MR) is 78.9 cm³/mol. The second-order valence-electron chi connectivity index (χ2n) is 3.95. The first-order chi connectivity index (χ1) is 9.63. The molecule has 0 bridgehead atoms. The average molecular weight is 304 g/mol. The zero-order chi connectivity index (χ0) is 14.1. The Morgan fingerprint density at radius 3 is 2.80 bits per heavy atom. The highest BCUT2D eigenvalue weighted by Crippen LogP contribution is 2.30. The summed E-state index contributed by atoms with van der Waals surface area (Å²) in [5.41, 5.74) is 0.0856. The number of carboxylic acids is 1. The first kappa shape index (κ1) is 12.8. The molecule has 100 valence electrons. The molecule has 0 spiro atoms. The van der Waals surface area contributed by atoms with Crippen molar-refractivity contribution in [3.05, 3.63) is 46.3 Å². The first-order valence-corrected chi connectivity index (χ1v) is 7.31. The van der Waals surface area contributed by atoms with Crippen LogP contribution in [-0.2, 0) is 0 Å². The van der Waals surface area contributed by atoms with Crippen LogP contribution in [0.15, 0.2) is 35.8 Å². The Bertz CT molecular complexity index is 778. The molecule has 0 fully saturated rings. The Labute approximate surface area is 121 Å². The van der Waals surface area contributed by atoms with Crippen molar-refractivity contribution in [2.24, 2.45) is 0 Å². The summed E-state index contributed by atoms with van der Waals surface area (Å²) >= 11 is 2.97. The Kier molecular flexibility index (Phi) is 3.21. The number of rotatable bonds is 3. The normalized spacial score (nSPS) is 10.6.